The number of amides is 2. The van der Waals surface area contributed by atoms with Crippen molar-refractivity contribution in [2.24, 2.45) is 5.41 Å². The van der Waals surface area contributed by atoms with Crippen molar-refractivity contribution >= 4 is 11.8 Å². The topological polar surface area (TPSA) is 110 Å². The number of aromatic nitrogens is 3. The van der Waals surface area contributed by atoms with Crippen molar-refractivity contribution in [2.45, 2.75) is 52.0 Å². The molecular formula is C21H27F2N5O4. The summed E-state index contributed by atoms with van der Waals surface area (Å²) in [5.74, 6) is -2.24. The van der Waals surface area contributed by atoms with E-state index in [4.69, 9.17) is 4.74 Å². The van der Waals surface area contributed by atoms with Gasteiger partial charge in [-0.1, -0.05) is 26.0 Å². The minimum Gasteiger partial charge on any atom is -0.487 e. The van der Waals surface area contributed by atoms with Crippen LogP contribution in [0.3, 0.4) is 0 Å². The van der Waals surface area contributed by atoms with Gasteiger partial charge in [0, 0.05) is 38.2 Å². The Balaban J connectivity index is 1.80. The van der Waals surface area contributed by atoms with Crippen molar-refractivity contribution in [2.75, 3.05) is 13.6 Å². The van der Waals surface area contributed by atoms with Crippen LogP contribution in [0.1, 0.15) is 38.9 Å². The van der Waals surface area contributed by atoms with E-state index in [2.05, 4.69) is 15.6 Å². The molecule has 0 radical (unpaired) electrons. The standard InChI is InChI=1S/C21H27F2N5O4/c1-21(2,3)18(20(31)27-10-15(29)8-17(27)19(30)24-4)28-9-14(25-26-28)11-32-16-6-12(22)5-13(23)7-16/h5-7,9,15,17-18,29H,8,10-11H2,1-4H3,(H,24,30)/t15?,17?,18-/m1/s1. The Kier molecular flexibility index (Phi) is 6.77. The zero-order valence-electron chi connectivity index (χ0n) is 18.4. The molecule has 0 aliphatic carbocycles. The van der Waals surface area contributed by atoms with Gasteiger partial charge in [-0.25, -0.2) is 13.5 Å². The predicted molar refractivity (Wildman–Crippen MR) is 109 cm³/mol. The summed E-state index contributed by atoms with van der Waals surface area (Å²) in [5, 5.41) is 20.7. The first-order chi connectivity index (χ1) is 15.0. The Morgan fingerprint density at radius 1 is 1.28 bits per heavy atom. The Morgan fingerprint density at radius 3 is 2.53 bits per heavy atom. The number of benzene rings is 1. The lowest BCUT2D eigenvalue weighted by Crippen LogP contribution is -2.49. The van der Waals surface area contributed by atoms with E-state index in [-0.39, 0.29) is 37.1 Å². The molecule has 2 heterocycles. The number of aliphatic hydroxyl groups is 1. The molecule has 3 atom stereocenters. The normalized spacial score (nSPS) is 19.7. The minimum atomic E-state index is -0.812. The van der Waals surface area contributed by atoms with E-state index in [0.717, 1.165) is 18.2 Å². The van der Waals surface area contributed by atoms with E-state index in [1.807, 2.05) is 20.8 Å². The molecule has 1 aromatic carbocycles. The number of rotatable bonds is 6. The van der Waals surface area contributed by atoms with Crippen LogP contribution < -0.4 is 10.1 Å². The molecular weight excluding hydrogens is 424 g/mol. The predicted octanol–water partition coefficient (Wildman–Crippen LogP) is 1.43. The van der Waals surface area contributed by atoms with Crippen LogP contribution in [-0.2, 0) is 16.2 Å². The lowest BCUT2D eigenvalue weighted by atomic mass is 9.85. The van der Waals surface area contributed by atoms with Gasteiger partial charge in [0.2, 0.25) is 11.8 Å². The van der Waals surface area contributed by atoms with Gasteiger partial charge in [0.1, 0.15) is 41.8 Å². The number of hydrogen-bond donors (Lipinski definition) is 2. The summed E-state index contributed by atoms with van der Waals surface area (Å²) in [4.78, 5) is 27.1. The molecule has 3 rings (SSSR count). The van der Waals surface area contributed by atoms with Crippen LogP contribution in [0.5, 0.6) is 5.75 Å². The molecule has 0 saturated carbocycles. The fourth-order valence-corrected chi connectivity index (χ4v) is 3.78. The van der Waals surface area contributed by atoms with Crippen molar-refractivity contribution < 1.29 is 28.2 Å². The largest absolute Gasteiger partial charge is 0.487 e. The Bertz CT molecular complexity index is 971. The number of halogens is 2. The molecule has 2 N–H and O–H groups in total. The monoisotopic (exact) mass is 451 g/mol. The smallest absolute Gasteiger partial charge is 0.248 e. The fourth-order valence-electron chi connectivity index (χ4n) is 3.78. The number of carbonyl (C=O) groups is 2. The molecule has 1 fully saturated rings. The first kappa shape index (κ1) is 23.6. The molecule has 2 amide bonds. The van der Waals surface area contributed by atoms with Crippen molar-refractivity contribution in [3.63, 3.8) is 0 Å². The van der Waals surface area contributed by atoms with Crippen LogP contribution in [0.25, 0.3) is 0 Å². The van der Waals surface area contributed by atoms with Crippen LogP contribution >= 0.6 is 0 Å². The molecule has 1 saturated heterocycles. The summed E-state index contributed by atoms with van der Waals surface area (Å²) in [6.45, 7) is 5.48. The van der Waals surface area contributed by atoms with Crippen molar-refractivity contribution in [3.8, 4) is 5.75 Å². The maximum Gasteiger partial charge on any atom is 0.248 e. The molecule has 0 bridgehead atoms. The molecule has 32 heavy (non-hydrogen) atoms. The fraction of sp³-hybridized carbons (Fsp3) is 0.524. The number of β-amino-alcohol motifs (C(OH)–C–C–N with tert-alkyl or cyclic N) is 1. The summed E-state index contributed by atoms with van der Waals surface area (Å²) in [5.41, 5.74) is -0.254. The number of nitrogens with one attached hydrogen (secondary N) is 1. The van der Waals surface area contributed by atoms with E-state index in [1.54, 1.807) is 0 Å². The highest BCUT2D eigenvalue weighted by molar-refractivity contribution is 5.90. The number of aliphatic hydroxyl groups excluding tert-OH is 1. The highest BCUT2D eigenvalue weighted by Gasteiger charge is 2.45. The number of likely N-dealkylation sites (tertiary alicyclic amines) is 1. The second kappa shape index (κ2) is 9.19. The van der Waals surface area contributed by atoms with E-state index < -0.39 is 35.2 Å². The lowest BCUT2D eigenvalue weighted by Gasteiger charge is -2.34. The van der Waals surface area contributed by atoms with Crippen molar-refractivity contribution in [3.05, 3.63) is 41.7 Å². The molecule has 2 aromatic rings. The minimum absolute atomic E-state index is 0.0000260. The quantitative estimate of drug-likeness (QED) is 0.688. The number of carbonyl (C=O) groups excluding carboxylic acids is 2. The van der Waals surface area contributed by atoms with Crippen molar-refractivity contribution in [1.82, 2.24) is 25.2 Å². The van der Waals surface area contributed by atoms with Crippen LogP contribution in [0.15, 0.2) is 24.4 Å². The van der Waals surface area contributed by atoms with Crippen LogP contribution in [-0.4, -0.2) is 62.6 Å². The second-order valence-electron chi connectivity index (χ2n) is 8.86. The Hall–Kier alpha value is -3.08. The maximum absolute atomic E-state index is 13.5. The highest BCUT2D eigenvalue weighted by atomic mass is 19.1. The molecule has 0 spiro atoms. The number of ether oxygens (including phenoxy) is 1. The molecule has 2 unspecified atom stereocenters. The number of likely N-dealkylation sites (N-methyl/N-ethyl adjacent to an activating group) is 1. The van der Waals surface area contributed by atoms with Crippen LogP contribution in [0.2, 0.25) is 0 Å². The highest BCUT2D eigenvalue weighted by Crippen LogP contribution is 2.34. The third-order valence-electron chi connectivity index (χ3n) is 5.21. The van der Waals surface area contributed by atoms with Crippen LogP contribution in [0.4, 0.5) is 8.78 Å². The first-order valence-corrected chi connectivity index (χ1v) is 10.2. The van der Waals surface area contributed by atoms with Crippen LogP contribution in [0, 0.1) is 17.0 Å². The number of nitrogens with zero attached hydrogens (tertiary/aromatic N) is 4. The molecule has 174 valence electrons. The van der Waals surface area contributed by atoms with Gasteiger partial charge in [-0.3, -0.25) is 9.59 Å². The van der Waals surface area contributed by atoms with Gasteiger partial charge in [0.15, 0.2) is 0 Å². The third kappa shape index (κ3) is 5.21. The zero-order valence-corrected chi connectivity index (χ0v) is 18.4. The average molecular weight is 451 g/mol. The first-order valence-electron chi connectivity index (χ1n) is 10.2. The molecule has 1 aliphatic heterocycles. The Labute approximate surface area is 184 Å². The SMILES string of the molecule is CNC(=O)C1CC(O)CN1C(=O)[C@@H](n1cc(COc2cc(F)cc(F)c2)nn1)C(C)(C)C. The summed E-state index contributed by atoms with van der Waals surface area (Å²) < 4.78 is 33.4. The molecule has 11 heteroatoms. The van der Waals surface area contributed by atoms with Gasteiger partial charge >= 0.3 is 0 Å². The van der Waals surface area contributed by atoms with E-state index in [0.29, 0.717) is 5.69 Å². The maximum atomic E-state index is 13.5. The van der Waals surface area contributed by atoms with E-state index in [1.165, 1.54) is 22.8 Å². The van der Waals surface area contributed by atoms with Gasteiger partial charge < -0.3 is 20.1 Å². The summed E-state index contributed by atoms with van der Waals surface area (Å²) in [7, 11) is 1.48. The molecule has 1 aliphatic rings. The number of hydrogen-bond acceptors (Lipinski definition) is 6. The zero-order chi connectivity index (χ0) is 23.6. The second-order valence-corrected chi connectivity index (χ2v) is 8.86. The van der Waals surface area contributed by atoms with Gasteiger partial charge in [-0.05, 0) is 5.41 Å². The summed E-state index contributed by atoms with van der Waals surface area (Å²) in [6.07, 6.45) is 0.876. The molecule has 1 aromatic heterocycles. The third-order valence-corrected chi connectivity index (χ3v) is 5.21. The van der Waals surface area contributed by atoms with E-state index >= 15 is 0 Å². The van der Waals surface area contributed by atoms with Gasteiger partial charge in [-0.2, -0.15) is 0 Å². The van der Waals surface area contributed by atoms with Crippen molar-refractivity contribution in [1.29, 1.82) is 0 Å². The molecule has 9 nitrogen and oxygen atoms in total. The van der Waals surface area contributed by atoms with Gasteiger partial charge in [0.25, 0.3) is 0 Å². The summed E-state index contributed by atoms with van der Waals surface area (Å²) in [6, 6.07) is 1.25. The van der Waals surface area contributed by atoms with E-state index in [9.17, 15) is 23.5 Å². The average Bonchev–Trinajstić information content (AvgIpc) is 3.30. The summed E-state index contributed by atoms with van der Waals surface area (Å²) >= 11 is 0. The van der Waals surface area contributed by atoms with Gasteiger partial charge in [0.05, 0.1) is 12.3 Å². The van der Waals surface area contributed by atoms with Gasteiger partial charge in [-0.15, -0.1) is 5.10 Å². The lowest BCUT2D eigenvalue weighted by molar-refractivity contribution is -0.144. The Morgan fingerprint density at radius 2 is 1.94 bits per heavy atom.